The molecule has 0 aromatic carbocycles. The van der Waals surface area contributed by atoms with Gasteiger partial charge in [-0.25, -0.2) is 0 Å². The van der Waals surface area contributed by atoms with Crippen LogP contribution in [0.2, 0.25) is 0 Å². The normalized spacial score (nSPS) is 12.2. The van der Waals surface area contributed by atoms with Crippen molar-refractivity contribution in [1.29, 1.82) is 0 Å². The number of hydrogen-bond acceptors (Lipinski definition) is 3. The van der Waals surface area contributed by atoms with Gasteiger partial charge in [-0.05, 0) is 12.8 Å². The molecule has 0 rings (SSSR count). The summed E-state index contributed by atoms with van der Waals surface area (Å²) in [5, 5.41) is 0. The first kappa shape index (κ1) is 26.3. The van der Waals surface area contributed by atoms with Crippen LogP contribution in [-0.2, 0) is 9.59 Å². The van der Waals surface area contributed by atoms with E-state index in [2.05, 4.69) is 6.92 Å². The van der Waals surface area contributed by atoms with E-state index in [9.17, 15) is 9.59 Å². The minimum absolute atomic E-state index is 0.123. The molecule has 0 aliphatic rings. The van der Waals surface area contributed by atoms with Crippen LogP contribution in [0.25, 0.3) is 0 Å². The molecule has 0 aromatic heterocycles. The van der Waals surface area contributed by atoms with Crippen molar-refractivity contribution < 1.29 is 9.59 Å². The van der Waals surface area contributed by atoms with Crippen LogP contribution in [0.15, 0.2) is 0 Å². The standard InChI is InChI=1S/C24H47NO2/c1-2-3-4-5-6-7-8-9-10-11-12-13-14-15-16-17-18-21-24(27)23(25)20-19-22-26/h22-23H,2-21,25H2,1H3. The SMILES string of the molecule is CCCCCCCCCCCCCCCCCCCC(=O)C(N)CCC=O. The van der Waals surface area contributed by atoms with Crippen LogP contribution in [-0.4, -0.2) is 18.1 Å². The minimum Gasteiger partial charge on any atom is -0.321 e. The molecule has 0 saturated carbocycles. The fourth-order valence-electron chi connectivity index (χ4n) is 3.62. The highest BCUT2D eigenvalue weighted by Gasteiger charge is 2.11. The predicted octanol–water partition coefficient (Wildman–Crippen LogP) is 6.90. The topological polar surface area (TPSA) is 60.2 Å². The molecule has 0 aromatic rings. The van der Waals surface area contributed by atoms with E-state index in [1.807, 2.05) is 0 Å². The number of nitrogens with two attached hydrogens (primary N) is 1. The molecule has 1 unspecified atom stereocenters. The van der Waals surface area contributed by atoms with Crippen molar-refractivity contribution in [3.63, 3.8) is 0 Å². The number of ketones is 1. The van der Waals surface area contributed by atoms with Gasteiger partial charge in [-0.15, -0.1) is 0 Å². The summed E-state index contributed by atoms with van der Waals surface area (Å²) in [5.74, 6) is 0.123. The smallest absolute Gasteiger partial charge is 0.149 e. The molecule has 0 heterocycles. The third-order valence-electron chi connectivity index (χ3n) is 5.54. The molecule has 1 atom stereocenters. The summed E-state index contributed by atoms with van der Waals surface area (Å²) in [7, 11) is 0. The molecule has 27 heavy (non-hydrogen) atoms. The Balaban J connectivity index is 3.16. The number of Topliss-reactive ketones (excluding diaryl/α,β-unsaturated/α-hetero) is 1. The van der Waals surface area contributed by atoms with Crippen molar-refractivity contribution in [1.82, 2.24) is 0 Å². The van der Waals surface area contributed by atoms with Gasteiger partial charge >= 0.3 is 0 Å². The van der Waals surface area contributed by atoms with Crippen molar-refractivity contribution in [2.45, 2.75) is 141 Å². The van der Waals surface area contributed by atoms with Gasteiger partial charge in [0.1, 0.15) is 12.1 Å². The Hall–Kier alpha value is -0.700. The number of carbonyl (C=O) groups is 2. The molecule has 3 heteroatoms. The lowest BCUT2D eigenvalue weighted by Gasteiger charge is -2.08. The maximum Gasteiger partial charge on any atom is 0.149 e. The molecule has 0 aliphatic carbocycles. The van der Waals surface area contributed by atoms with Gasteiger partial charge in [0, 0.05) is 12.8 Å². The molecule has 0 amide bonds. The zero-order valence-corrected chi connectivity index (χ0v) is 18.2. The van der Waals surface area contributed by atoms with Crippen molar-refractivity contribution >= 4 is 12.1 Å². The van der Waals surface area contributed by atoms with Crippen molar-refractivity contribution in [2.75, 3.05) is 0 Å². The number of unbranched alkanes of at least 4 members (excludes halogenated alkanes) is 16. The van der Waals surface area contributed by atoms with Gasteiger partial charge < -0.3 is 10.5 Å². The molecule has 0 fully saturated rings. The lowest BCUT2D eigenvalue weighted by atomic mass is 10.0. The Labute approximate surface area is 169 Å². The van der Waals surface area contributed by atoms with Crippen LogP contribution in [0.1, 0.15) is 135 Å². The predicted molar refractivity (Wildman–Crippen MR) is 117 cm³/mol. The van der Waals surface area contributed by atoms with Gasteiger partial charge in [0.2, 0.25) is 0 Å². The quantitative estimate of drug-likeness (QED) is 0.164. The monoisotopic (exact) mass is 381 g/mol. The molecule has 0 radical (unpaired) electrons. The average molecular weight is 382 g/mol. The summed E-state index contributed by atoms with van der Waals surface area (Å²) in [6.45, 7) is 2.28. The maximum absolute atomic E-state index is 11.8. The van der Waals surface area contributed by atoms with E-state index < -0.39 is 6.04 Å². The van der Waals surface area contributed by atoms with E-state index in [4.69, 9.17) is 5.73 Å². The molecule has 2 N–H and O–H groups in total. The van der Waals surface area contributed by atoms with E-state index in [0.717, 1.165) is 19.1 Å². The minimum atomic E-state index is -0.434. The number of carbonyl (C=O) groups excluding carboxylic acids is 2. The van der Waals surface area contributed by atoms with E-state index in [1.54, 1.807) is 0 Å². The number of hydrogen-bond donors (Lipinski definition) is 1. The largest absolute Gasteiger partial charge is 0.321 e. The van der Waals surface area contributed by atoms with Gasteiger partial charge in [-0.1, -0.05) is 110 Å². The molecule has 160 valence electrons. The molecule has 3 nitrogen and oxygen atoms in total. The van der Waals surface area contributed by atoms with Crippen LogP contribution < -0.4 is 5.73 Å². The van der Waals surface area contributed by atoms with E-state index >= 15 is 0 Å². The Morgan fingerprint density at radius 3 is 1.44 bits per heavy atom. The second-order valence-corrected chi connectivity index (χ2v) is 8.22. The Morgan fingerprint density at radius 2 is 1.07 bits per heavy atom. The molecule has 0 spiro atoms. The number of rotatable bonds is 22. The van der Waals surface area contributed by atoms with Crippen LogP contribution in [0.3, 0.4) is 0 Å². The Kier molecular flexibility index (Phi) is 21.0. The summed E-state index contributed by atoms with van der Waals surface area (Å²) in [6, 6.07) is -0.434. The van der Waals surface area contributed by atoms with Crippen molar-refractivity contribution in [3.8, 4) is 0 Å². The third kappa shape index (κ3) is 19.9. The summed E-state index contributed by atoms with van der Waals surface area (Å²) in [5.41, 5.74) is 5.77. The zero-order chi connectivity index (χ0) is 20.0. The molecule has 0 aliphatic heterocycles. The maximum atomic E-state index is 11.8. The van der Waals surface area contributed by atoms with E-state index in [0.29, 0.717) is 19.3 Å². The first-order chi connectivity index (χ1) is 13.2. The van der Waals surface area contributed by atoms with Crippen LogP contribution in [0.4, 0.5) is 0 Å². The van der Waals surface area contributed by atoms with E-state index in [-0.39, 0.29) is 5.78 Å². The second kappa shape index (κ2) is 21.6. The van der Waals surface area contributed by atoms with E-state index in [1.165, 1.54) is 96.3 Å². The Bertz CT molecular complexity index is 330. The van der Waals surface area contributed by atoms with Gasteiger partial charge in [-0.2, -0.15) is 0 Å². The van der Waals surface area contributed by atoms with Crippen LogP contribution in [0, 0.1) is 0 Å². The van der Waals surface area contributed by atoms with Gasteiger partial charge in [0.25, 0.3) is 0 Å². The molecule has 0 bridgehead atoms. The van der Waals surface area contributed by atoms with Gasteiger partial charge in [-0.3, -0.25) is 4.79 Å². The summed E-state index contributed by atoms with van der Waals surface area (Å²) >= 11 is 0. The first-order valence-corrected chi connectivity index (χ1v) is 11.9. The van der Waals surface area contributed by atoms with Gasteiger partial charge in [0.15, 0.2) is 0 Å². The highest BCUT2D eigenvalue weighted by Crippen LogP contribution is 2.14. The number of aldehydes is 1. The summed E-state index contributed by atoms with van der Waals surface area (Å²) in [4.78, 5) is 22.1. The fraction of sp³-hybridized carbons (Fsp3) is 0.917. The second-order valence-electron chi connectivity index (χ2n) is 8.22. The highest BCUT2D eigenvalue weighted by molar-refractivity contribution is 5.83. The molecule has 0 saturated heterocycles. The van der Waals surface area contributed by atoms with Crippen molar-refractivity contribution in [2.24, 2.45) is 5.73 Å². The van der Waals surface area contributed by atoms with Gasteiger partial charge in [0.05, 0.1) is 6.04 Å². The van der Waals surface area contributed by atoms with Crippen LogP contribution >= 0.6 is 0 Å². The fourth-order valence-corrected chi connectivity index (χ4v) is 3.62. The summed E-state index contributed by atoms with van der Waals surface area (Å²) < 4.78 is 0. The first-order valence-electron chi connectivity index (χ1n) is 11.9. The lowest BCUT2D eigenvalue weighted by molar-refractivity contribution is -0.120. The lowest BCUT2D eigenvalue weighted by Crippen LogP contribution is -2.30. The summed E-state index contributed by atoms with van der Waals surface area (Å²) in [6.07, 6.45) is 25.2. The highest BCUT2D eigenvalue weighted by atomic mass is 16.1. The molecular weight excluding hydrogens is 334 g/mol. The Morgan fingerprint density at radius 1 is 0.704 bits per heavy atom. The average Bonchev–Trinajstić information content (AvgIpc) is 2.68. The third-order valence-corrected chi connectivity index (χ3v) is 5.54. The van der Waals surface area contributed by atoms with Crippen LogP contribution in [0.5, 0.6) is 0 Å². The van der Waals surface area contributed by atoms with Crippen molar-refractivity contribution in [3.05, 3.63) is 0 Å². The zero-order valence-electron chi connectivity index (χ0n) is 18.2. The molecular formula is C24H47NO2.